The van der Waals surface area contributed by atoms with Gasteiger partial charge in [0.25, 0.3) is 15.9 Å². The molecule has 6 nitrogen and oxygen atoms in total. The lowest BCUT2D eigenvalue weighted by Crippen LogP contribution is -2.41. The first-order valence-electron chi connectivity index (χ1n) is 9.04. The second-order valence-electron chi connectivity index (χ2n) is 8.06. The summed E-state index contributed by atoms with van der Waals surface area (Å²) in [6.45, 7) is 6.71. The Labute approximate surface area is 169 Å². The van der Waals surface area contributed by atoms with Crippen LogP contribution in [0.4, 0.5) is 0 Å². The van der Waals surface area contributed by atoms with E-state index in [1.807, 2.05) is 12.1 Å². The first-order valence-corrected chi connectivity index (χ1v) is 11.3. The number of nitrogens with one attached hydrogen (secondary N) is 2. The summed E-state index contributed by atoms with van der Waals surface area (Å²) in [5.41, 5.74) is 4.06. The molecule has 0 unspecified atom stereocenters. The number of benzene rings is 1. The van der Waals surface area contributed by atoms with E-state index in [9.17, 15) is 13.2 Å². The van der Waals surface area contributed by atoms with Crippen LogP contribution in [-0.4, -0.2) is 14.3 Å². The van der Waals surface area contributed by atoms with Crippen molar-refractivity contribution >= 4 is 27.3 Å². The van der Waals surface area contributed by atoms with Gasteiger partial charge in [-0.3, -0.25) is 10.2 Å². The quantitative estimate of drug-likeness (QED) is 0.745. The number of amides is 1. The number of carbonyl (C=O) groups is 1. The van der Waals surface area contributed by atoms with E-state index in [1.165, 1.54) is 46.0 Å². The molecule has 0 fully saturated rings. The average molecular weight is 418 g/mol. The van der Waals surface area contributed by atoms with Gasteiger partial charge in [0, 0.05) is 4.88 Å². The van der Waals surface area contributed by atoms with Crippen LogP contribution in [0.2, 0.25) is 0 Å². The van der Waals surface area contributed by atoms with Gasteiger partial charge in [-0.05, 0) is 66.5 Å². The third-order valence-electron chi connectivity index (χ3n) is 5.12. The van der Waals surface area contributed by atoms with Crippen molar-refractivity contribution in [3.8, 4) is 6.07 Å². The van der Waals surface area contributed by atoms with Crippen LogP contribution in [0.5, 0.6) is 0 Å². The number of hydrogen-bond acceptors (Lipinski definition) is 5. The fraction of sp³-hybridized carbons (Fsp3) is 0.400. The van der Waals surface area contributed by atoms with E-state index in [0.717, 1.165) is 19.3 Å². The Morgan fingerprint density at radius 3 is 2.54 bits per heavy atom. The molecule has 1 heterocycles. The number of sulfonamides is 1. The smallest absolute Gasteiger partial charge is 0.273 e. The van der Waals surface area contributed by atoms with E-state index in [0.29, 0.717) is 16.4 Å². The molecule has 3 rings (SSSR count). The van der Waals surface area contributed by atoms with Crippen molar-refractivity contribution in [1.29, 1.82) is 5.26 Å². The maximum Gasteiger partial charge on any atom is 0.276 e. The lowest BCUT2D eigenvalue weighted by Gasteiger charge is -2.33. The zero-order valence-corrected chi connectivity index (χ0v) is 17.7. The van der Waals surface area contributed by atoms with Gasteiger partial charge in [-0.2, -0.15) is 5.26 Å². The molecule has 1 aromatic heterocycles. The second kappa shape index (κ2) is 7.66. The number of aryl methyl sites for hydroxylation is 1. The molecular weight excluding hydrogens is 394 g/mol. The number of carbonyl (C=O) groups excluding carboxylic acids is 1. The minimum absolute atomic E-state index is 0.0229. The lowest BCUT2D eigenvalue weighted by molar-refractivity contribution is 0.0949. The van der Waals surface area contributed by atoms with Gasteiger partial charge in [-0.25, -0.2) is 8.42 Å². The number of hydrazine groups is 1. The van der Waals surface area contributed by atoms with Crippen LogP contribution in [-0.2, 0) is 22.9 Å². The summed E-state index contributed by atoms with van der Waals surface area (Å²) in [5.74, 6) is 0.101. The fourth-order valence-corrected chi connectivity index (χ4v) is 5.26. The largest absolute Gasteiger partial charge is 0.276 e. The molecule has 1 amide bonds. The predicted molar refractivity (Wildman–Crippen MR) is 108 cm³/mol. The molecule has 0 radical (unpaired) electrons. The second-order valence-corrected chi connectivity index (χ2v) is 10.9. The first-order chi connectivity index (χ1) is 13.1. The van der Waals surface area contributed by atoms with E-state index in [-0.39, 0.29) is 10.3 Å². The number of thiophene rings is 1. The van der Waals surface area contributed by atoms with Crippen molar-refractivity contribution in [3.63, 3.8) is 0 Å². The molecule has 0 saturated carbocycles. The minimum Gasteiger partial charge on any atom is -0.273 e. The molecule has 0 bridgehead atoms. The van der Waals surface area contributed by atoms with Crippen LogP contribution in [0.3, 0.4) is 0 Å². The fourth-order valence-electron chi connectivity index (χ4n) is 3.32. The summed E-state index contributed by atoms with van der Waals surface area (Å²) < 4.78 is 24.6. The van der Waals surface area contributed by atoms with Gasteiger partial charge < -0.3 is 0 Å². The maximum absolute atomic E-state index is 12.4. The van der Waals surface area contributed by atoms with Crippen LogP contribution in [0.15, 0.2) is 35.2 Å². The third kappa shape index (κ3) is 4.43. The number of rotatable bonds is 4. The molecule has 2 aromatic rings. The Morgan fingerprint density at radius 1 is 1.25 bits per heavy atom. The zero-order chi connectivity index (χ0) is 20.5. The van der Waals surface area contributed by atoms with E-state index in [2.05, 4.69) is 31.0 Å². The number of nitrogens with zero attached hydrogens (tertiary/aromatic N) is 1. The van der Waals surface area contributed by atoms with Crippen LogP contribution in [0.25, 0.3) is 0 Å². The van der Waals surface area contributed by atoms with Gasteiger partial charge in [0.15, 0.2) is 0 Å². The molecule has 1 aromatic carbocycles. The first kappa shape index (κ1) is 20.5. The van der Waals surface area contributed by atoms with Crippen LogP contribution >= 0.6 is 11.3 Å². The highest BCUT2D eigenvalue weighted by molar-refractivity contribution is 7.89. The van der Waals surface area contributed by atoms with Crippen molar-refractivity contribution in [3.05, 3.63) is 51.2 Å². The van der Waals surface area contributed by atoms with E-state index < -0.39 is 15.9 Å². The lowest BCUT2D eigenvalue weighted by atomic mass is 9.72. The summed E-state index contributed by atoms with van der Waals surface area (Å²) >= 11 is 1.42. The summed E-state index contributed by atoms with van der Waals surface area (Å²) in [4.78, 5) is 16.3. The normalized spacial score (nSPS) is 16.9. The zero-order valence-electron chi connectivity index (χ0n) is 16.1. The van der Waals surface area contributed by atoms with Gasteiger partial charge in [0.2, 0.25) is 0 Å². The summed E-state index contributed by atoms with van der Waals surface area (Å²) in [7, 11) is -3.91. The van der Waals surface area contributed by atoms with Gasteiger partial charge in [-0.15, -0.1) is 16.2 Å². The Morgan fingerprint density at radius 2 is 1.93 bits per heavy atom. The Bertz CT molecular complexity index is 1030. The van der Waals surface area contributed by atoms with Crippen molar-refractivity contribution < 1.29 is 13.2 Å². The topological polar surface area (TPSA) is 99.1 Å². The average Bonchev–Trinajstić information content (AvgIpc) is 3.09. The molecule has 148 valence electrons. The SMILES string of the molecule is CC(C)(C)[C@@H]1CCc2sc(C(=O)NNS(=O)(=O)c3ccc(C#N)cc3)cc2C1. The van der Waals surface area contributed by atoms with Crippen molar-refractivity contribution in [1.82, 2.24) is 10.3 Å². The molecular formula is C20H23N3O3S2. The van der Waals surface area contributed by atoms with Crippen LogP contribution < -0.4 is 10.3 Å². The van der Waals surface area contributed by atoms with E-state index in [1.54, 1.807) is 0 Å². The molecule has 0 spiro atoms. The Hall–Kier alpha value is -2.21. The van der Waals surface area contributed by atoms with Crippen LogP contribution in [0, 0.1) is 22.7 Å². The number of nitriles is 1. The van der Waals surface area contributed by atoms with Gasteiger partial charge in [0.1, 0.15) is 0 Å². The van der Waals surface area contributed by atoms with Crippen molar-refractivity contribution in [2.24, 2.45) is 11.3 Å². The summed E-state index contributed by atoms with van der Waals surface area (Å²) in [5, 5.41) is 8.79. The summed E-state index contributed by atoms with van der Waals surface area (Å²) in [6.07, 6.45) is 3.00. The van der Waals surface area contributed by atoms with Gasteiger partial charge in [0.05, 0.1) is 21.4 Å². The van der Waals surface area contributed by atoms with E-state index in [4.69, 9.17) is 5.26 Å². The van der Waals surface area contributed by atoms with Gasteiger partial charge in [-0.1, -0.05) is 20.8 Å². The van der Waals surface area contributed by atoms with Crippen molar-refractivity contribution in [2.45, 2.75) is 44.9 Å². The minimum atomic E-state index is -3.91. The molecule has 2 N–H and O–H groups in total. The Balaban J connectivity index is 1.67. The number of fused-ring (bicyclic) bond motifs is 1. The molecule has 0 aliphatic heterocycles. The van der Waals surface area contributed by atoms with Crippen LogP contribution in [0.1, 0.15) is 52.9 Å². The Kier molecular flexibility index (Phi) is 5.62. The monoisotopic (exact) mass is 417 g/mol. The molecule has 1 aliphatic rings. The highest BCUT2D eigenvalue weighted by Crippen LogP contribution is 2.40. The van der Waals surface area contributed by atoms with E-state index >= 15 is 0 Å². The third-order valence-corrected chi connectivity index (χ3v) is 7.62. The maximum atomic E-state index is 12.4. The highest BCUT2D eigenvalue weighted by atomic mass is 32.2. The standard InChI is InChI=1S/C20H23N3O3S2/c1-20(2,3)15-6-9-17-14(10-15)11-18(27-17)19(24)22-23-28(25,26)16-7-4-13(12-21)5-8-16/h4-5,7-8,11,15,23H,6,9-10H2,1-3H3,(H,22,24)/t15-/m1/s1. The number of hydrogen-bond donors (Lipinski definition) is 2. The predicted octanol–water partition coefficient (Wildman–Crippen LogP) is 3.39. The molecule has 1 aliphatic carbocycles. The summed E-state index contributed by atoms with van der Waals surface area (Å²) in [6, 6.07) is 9.28. The molecule has 28 heavy (non-hydrogen) atoms. The highest BCUT2D eigenvalue weighted by Gasteiger charge is 2.30. The molecule has 0 saturated heterocycles. The molecule has 8 heteroatoms. The molecule has 1 atom stereocenters. The van der Waals surface area contributed by atoms with Gasteiger partial charge >= 0.3 is 0 Å². The van der Waals surface area contributed by atoms with Crippen molar-refractivity contribution in [2.75, 3.05) is 0 Å².